The van der Waals surface area contributed by atoms with Crippen molar-refractivity contribution >= 4 is 29.1 Å². The normalized spacial score (nSPS) is 16.8. The summed E-state index contributed by atoms with van der Waals surface area (Å²) < 4.78 is 10.6. The number of likely N-dealkylation sites (tertiary alicyclic amines) is 1. The fourth-order valence-corrected chi connectivity index (χ4v) is 3.02. The summed E-state index contributed by atoms with van der Waals surface area (Å²) in [5, 5.41) is 0.794. The van der Waals surface area contributed by atoms with Gasteiger partial charge in [-0.15, -0.1) is 0 Å². The molecule has 0 spiro atoms. The second kappa shape index (κ2) is 7.89. The molecule has 1 aromatic carbocycles. The lowest BCUT2D eigenvalue weighted by atomic mass is 10.1. The molecular weight excluding hydrogens is 365 g/mol. The van der Waals surface area contributed by atoms with Gasteiger partial charge in [-0.2, -0.15) is 9.97 Å². The van der Waals surface area contributed by atoms with E-state index < -0.39 is 0 Å². The van der Waals surface area contributed by atoms with Gasteiger partial charge in [0.25, 0.3) is 5.91 Å². The molecule has 25 heavy (non-hydrogen) atoms. The molecule has 132 valence electrons. The fraction of sp³-hybridized carbons (Fsp3) is 0.353. The Morgan fingerprint density at radius 3 is 2.72 bits per heavy atom. The molecule has 0 radical (unpaired) electrons. The molecule has 1 aromatic heterocycles. The molecule has 1 aliphatic heterocycles. The van der Waals surface area contributed by atoms with Crippen molar-refractivity contribution in [3.8, 4) is 11.8 Å². The number of nitrogens with zero attached hydrogens (tertiary/aromatic N) is 3. The Bertz CT molecular complexity index is 755. The third-order valence-electron chi connectivity index (χ3n) is 4.05. The second-order valence-electron chi connectivity index (χ2n) is 5.64. The van der Waals surface area contributed by atoms with Gasteiger partial charge < -0.3 is 14.4 Å². The van der Waals surface area contributed by atoms with Crippen molar-refractivity contribution in [2.75, 3.05) is 20.3 Å². The van der Waals surface area contributed by atoms with Gasteiger partial charge in [0.2, 0.25) is 0 Å². The van der Waals surface area contributed by atoms with E-state index in [0.717, 1.165) is 12.8 Å². The lowest BCUT2D eigenvalue weighted by molar-refractivity contribution is 0.0686. The predicted molar refractivity (Wildman–Crippen MR) is 94.6 cm³/mol. The van der Waals surface area contributed by atoms with Crippen molar-refractivity contribution in [1.82, 2.24) is 14.9 Å². The molecule has 1 atom stereocenters. The van der Waals surface area contributed by atoms with Gasteiger partial charge >= 0.3 is 6.01 Å². The topological polar surface area (TPSA) is 64.6 Å². The molecule has 8 heteroatoms. The maximum Gasteiger partial charge on any atom is 0.316 e. The van der Waals surface area contributed by atoms with E-state index in [4.69, 9.17) is 32.7 Å². The number of hydrogen-bond acceptors (Lipinski definition) is 5. The third kappa shape index (κ3) is 4.14. The Morgan fingerprint density at radius 2 is 2.04 bits per heavy atom. The molecule has 0 N–H and O–H groups in total. The van der Waals surface area contributed by atoms with Crippen molar-refractivity contribution in [3.05, 3.63) is 46.2 Å². The smallest absolute Gasteiger partial charge is 0.316 e. The van der Waals surface area contributed by atoms with E-state index in [9.17, 15) is 4.79 Å². The Hall–Kier alpha value is -2.05. The van der Waals surface area contributed by atoms with E-state index >= 15 is 0 Å². The minimum Gasteiger partial charge on any atom is -0.494 e. The van der Waals surface area contributed by atoms with Crippen molar-refractivity contribution < 1.29 is 14.3 Å². The summed E-state index contributed by atoms with van der Waals surface area (Å²) in [7, 11) is 1.55. The van der Waals surface area contributed by atoms with Crippen LogP contribution in [-0.2, 0) is 0 Å². The van der Waals surface area contributed by atoms with Crippen LogP contribution in [0.1, 0.15) is 23.2 Å². The van der Waals surface area contributed by atoms with Crippen LogP contribution in [-0.4, -0.2) is 47.1 Å². The van der Waals surface area contributed by atoms with Crippen molar-refractivity contribution in [2.45, 2.75) is 18.9 Å². The highest BCUT2D eigenvalue weighted by atomic mass is 35.5. The number of amides is 1. The van der Waals surface area contributed by atoms with Gasteiger partial charge in [-0.1, -0.05) is 23.2 Å². The molecule has 0 aliphatic carbocycles. The van der Waals surface area contributed by atoms with Crippen molar-refractivity contribution in [2.24, 2.45) is 0 Å². The number of ether oxygens (including phenoxy) is 2. The van der Waals surface area contributed by atoms with Crippen LogP contribution in [0.3, 0.4) is 0 Å². The lowest BCUT2D eigenvalue weighted by Crippen LogP contribution is -2.39. The number of halogens is 2. The Labute approximate surface area is 155 Å². The zero-order valence-corrected chi connectivity index (χ0v) is 15.1. The number of carbonyl (C=O) groups is 1. The third-order valence-corrected chi connectivity index (χ3v) is 4.79. The number of benzene rings is 1. The quantitative estimate of drug-likeness (QED) is 0.792. The number of carbonyl (C=O) groups excluding carboxylic acids is 1. The summed E-state index contributed by atoms with van der Waals surface area (Å²) in [5.41, 5.74) is 0.516. The highest BCUT2D eigenvalue weighted by Crippen LogP contribution is 2.26. The molecule has 3 rings (SSSR count). The SMILES string of the molecule is COc1cnc(OC[C@@H]2CCCN2C(=O)c2ccc(Cl)c(Cl)c2)nc1. The van der Waals surface area contributed by atoms with Crippen LogP contribution in [0.4, 0.5) is 0 Å². The molecule has 0 bridgehead atoms. The standard InChI is InChI=1S/C17H17Cl2N3O3/c1-24-13-8-20-17(21-9-13)25-10-12-3-2-6-22(12)16(23)11-4-5-14(18)15(19)7-11/h4-5,7-9,12H,2-3,6,10H2,1H3/t12-/m0/s1. The molecule has 0 saturated carbocycles. The molecule has 1 amide bonds. The zero-order valence-electron chi connectivity index (χ0n) is 13.6. The van der Waals surface area contributed by atoms with Gasteiger partial charge in [0.15, 0.2) is 5.75 Å². The monoisotopic (exact) mass is 381 g/mol. The highest BCUT2D eigenvalue weighted by Gasteiger charge is 2.30. The first-order chi connectivity index (χ1) is 12.1. The van der Waals surface area contributed by atoms with Gasteiger partial charge in [0.05, 0.1) is 35.6 Å². The van der Waals surface area contributed by atoms with E-state index in [1.165, 1.54) is 12.4 Å². The van der Waals surface area contributed by atoms with E-state index in [2.05, 4.69) is 9.97 Å². The summed E-state index contributed by atoms with van der Waals surface area (Å²) in [4.78, 5) is 22.7. The number of aromatic nitrogens is 2. The average Bonchev–Trinajstić information content (AvgIpc) is 3.10. The number of hydrogen-bond donors (Lipinski definition) is 0. The fourth-order valence-electron chi connectivity index (χ4n) is 2.73. The maximum atomic E-state index is 12.7. The second-order valence-corrected chi connectivity index (χ2v) is 6.45. The van der Waals surface area contributed by atoms with Crippen LogP contribution < -0.4 is 9.47 Å². The minimum atomic E-state index is -0.0830. The van der Waals surface area contributed by atoms with E-state index in [-0.39, 0.29) is 18.0 Å². The Kier molecular flexibility index (Phi) is 5.60. The van der Waals surface area contributed by atoms with Gasteiger partial charge in [0, 0.05) is 12.1 Å². The molecule has 1 saturated heterocycles. The summed E-state index contributed by atoms with van der Waals surface area (Å²) in [6, 6.07) is 5.13. The number of methoxy groups -OCH3 is 1. The van der Waals surface area contributed by atoms with E-state index in [1.54, 1.807) is 30.2 Å². The van der Waals surface area contributed by atoms with Gasteiger partial charge in [-0.25, -0.2) is 0 Å². The molecule has 2 heterocycles. The largest absolute Gasteiger partial charge is 0.494 e. The molecule has 1 aliphatic rings. The number of rotatable bonds is 5. The minimum absolute atomic E-state index is 0.0346. The Morgan fingerprint density at radius 1 is 1.28 bits per heavy atom. The van der Waals surface area contributed by atoms with Crippen molar-refractivity contribution in [1.29, 1.82) is 0 Å². The van der Waals surface area contributed by atoms with E-state index in [1.807, 2.05) is 0 Å². The zero-order chi connectivity index (χ0) is 17.8. The van der Waals surface area contributed by atoms with Crippen LogP contribution in [0, 0.1) is 0 Å². The highest BCUT2D eigenvalue weighted by molar-refractivity contribution is 6.42. The molecule has 1 fully saturated rings. The van der Waals surface area contributed by atoms with Gasteiger partial charge in [-0.3, -0.25) is 4.79 Å². The first-order valence-electron chi connectivity index (χ1n) is 7.83. The first kappa shape index (κ1) is 17.8. The van der Waals surface area contributed by atoms with Crippen LogP contribution in [0.2, 0.25) is 10.0 Å². The van der Waals surface area contributed by atoms with E-state index in [0.29, 0.717) is 34.5 Å². The van der Waals surface area contributed by atoms with Gasteiger partial charge in [-0.05, 0) is 31.0 Å². The van der Waals surface area contributed by atoms with Crippen molar-refractivity contribution in [3.63, 3.8) is 0 Å². The summed E-state index contributed by atoms with van der Waals surface area (Å²) >= 11 is 11.9. The van der Waals surface area contributed by atoms with Gasteiger partial charge in [0.1, 0.15) is 6.61 Å². The van der Waals surface area contributed by atoms with Crippen LogP contribution in [0.25, 0.3) is 0 Å². The average molecular weight is 382 g/mol. The predicted octanol–water partition coefficient (Wildman–Crippen LogP) is 3.48. The molecule has 6 nitrogen and oxygen atoms in total. The van der Waals surface area contributed by atoms with Crippen LogP contribution in [0.5, 0.6) is 11.8 Å². The van der Waals surface area contributed by atoms with Crippen LogP contribution >= 0.6 is 23.2 Å². The molecular formula is C17H17Cl2N3O3. The summed E-state index contributed by atoms with van der Waals surface area (Å²) in [6.07, 6.45) is 4.86. The summed E-state index contributed by atoms with van der Waals surface area (Å²) in [6.45, 7) is 1.01. The van der Waals surface area contributed by atoms with Crippen LogP contribution in [0.15, 0.2) is 30.6 Å². The molecule has 0 unspecified atom stereocenters. The Balaban J connectivity index is 1.65. The summed E-state index contributed by atoms with van der Waals surface area (Å²) in [5.74, 6) is 0.477. The maximum absolute atomic E-state index is 12.7. The molecule has 2 aromatic rings. The lowest BCUT2D eigenvalue weighted by Gasteiger charge is -2.24. The first-order valence-corrected chi connectivity index (χ1v) is 8.59.